The Bertz CT molecular complexity index is 151. The Kier molecular flexibility index (Phi) is 8.96. The molecule has 2 heteroatoms. The van der Waals surface area contributed by atoms with Crippen LogP contribution in [0.5, 0.6) is 0 Å². The van der Waals surface area contributed by atoms with Crippen molar-refractivity contribution in [3.05, 3.63) is 0 Å². The molecule has 0 rings (SSSR count). The highest BCUT2D eigenvalue weighted by molar-refractivity contribution is 4.75. The van der Waals surface area contributed by atoms with Crippen LogP contribution in [0.2, 0.25) is 0 Å². The molecule has 0 spiro atoms. The van der Waals surface area contributed by atoms with Crippen LogP contribution in [0.4, 0.5) is 0 Å². The summed E-state index contributed by atoms with van der Waals surface area (Å²) in [6, 6.07) is 0. The molecule has 0 N–H and O–H groups in total. The highest BCUT2D eigenvalue weighted by atomic mass is 16.5. The van der Waals surface area contributed by atoms with Crippen molar-refractivity contribution in [2.24, 2.45) is 0 Å². The molecule has 0 fully saturated rings. The lowest BCUT2D eigenvalue weighted by Gasteiger charge is -2.35. The third-order valence-corrected chi connectivity index (χ3v) is 3.01. The van der Waals surface area contributed by atoms with Crippen molar-refractivity contribution in [1.29, 1.82) is 0 Å². The molecule has 0 unspecified atom stereocenters. The summed E-state index contributed by atoms with van der Waals surface area (Å²) in [6.45, 7) is 12.5. The van der Waals surface area contributed by atoms with Gasteiger partial charge in [0, 0.05) is 19.3 Å². The minimum Gasteiger partial charge on any atom is -0.385 e. The molecular weight excluding hydrogens is 198 g/mol. The van der Waals surface area contributed by atoms with Crippen molar-refractivity contribution in [1.82, 2.24) is 4.90 Å². The van der Waals surface area contributed by atoms with E-state index in [1.165, 1.54) is 45.2 Å². The van der Waals surface area contributed by atoms with E-state index in [1.807, 2.05) is 0 Å². The van der Waals surface area contributed by atoms with Gasteiger partial charge in [-0.15, -0.1) is 0 Å². The first kappa shape index (κ1) is 15.9. The summed E-state index contributed by atoms with van der Waals surface area (Å²) < 4.78 is 5.09. The van der Waals surface area contributed by atoms with Crippen LogP contribution in [0, 0.1) is 0 Å². The third-order valence-electron chi connectivity index (χ3n) is 3.01. The van der Waals surface area contributed by atoms with Crippen molar-refractivity contribution in [3.8, 4) is 0 Å². The zero-order chi connectivity index (χ0) is 12.4. The molecule has 0 radical (unpaired) electrons. The van der Waals surface area contributed by atoms with Gasteiger partial charge in [-0.05, 0) is 53.1 Å². The average Bonchev–Trinajstić information content (AvgIpc) is 2.20. The first-order valence-corrected chi connectivity index (χ1v) is 6.76. The third kappa shape index (κ3) is 8.12. The van der Waals surface area contributed by atoms with Crippen LogP contribution in [0.15, 0.2) is 0 Å². The van der Waals surface area contributed by atoms with Gasteiger partial charge in [0.15, 0.2) is 0 Å². The number of hydrogen-bond donors (Lipinski definition) is 0. The standard InChI is InChI=1S/C14H31NO/c1-6-7-8-11-15(14(2,3)4)12-9-10-13-16-5/h6-13H2,1-5H3. The normalized spacial score (nSPS) is 12.4. The first-order valence-electron chi connectivity index (χ1n) is 6.76. The Morgan fingerprint density at radius 3 is 1.94 bits per heavy atom. The highest BCUT2D eigenvalue weighted by Crippen LogP contribution is 2.15. The Morgan fingerprint density at radius 1 is 0.938 bits per heavy atom. The van der Waals surface area contributed by atoms with E-state index in [2.05, 4.69) is 32.6 Å². The lowest BCUT2D eigenvalue weighted by atomic mass is 10.0. The van der Waals surface area contributed by atoms with Crippen molar-refractivity contribution in [2.75, 3.05) is 26.8 Å². The maximum atomic E-state index is 5.09. The minimum absolute atomic E-state index is 0.306. The number of rotatable bonds is 9. The largest absolute Gasteiger partial charge is 0.385 e. The van der Waals surface area contributed by atoms with Crippen molar-refractivity contribution in [3.63, 3.8) is 0 Å². The number of hydrogen-bond acceptors (Lipinski definition) is 2. The summed E-state index contributed by atoms with van der Waals surface area (Å²) in [6.07, 6.45) is 6.42. The molecule has 0 aromatic heterocycles. The number of ether oxygens (including phenoxy) is 1. The molecule has 0 saturated heterocycles. The maximum Gasteiger partial charge on any atom is 0.0462 e. The van der Waals surface area contributed by atoms with Crippen LogP contribution in [0.25, 0.3) is 0 Å². The first-order chi connectivity index (χ1) is 7.52. The molecule has 0 aromatic rings. The van der Waals surface area contributed by atoms with E-state index in [0.29, 0.717) is 5.54 Å². The Morgan fingerprint density at radius 2 is 1.50 bits per heavy atom. The van der Waals surface area contributed by atoms with Gasteiger partial charge in [0.2, 0.25) is 0 Å². The van der Waals surface area contributed by atoms with Crippen molar-refractivity contribution >= 4 is 0 Å². The Hall–Kier alpha value is -0.0800. The summed E-state index contributed by atoms with van der Waals surface area (Å²) in [5.41, 5.74) is 0.306. The fourth-order valence-electron chi connectivity index (χ4n) is 1.88. The van der Waals surface area contributed by atoms with Crippen LogP contribution in [0.3, 0.4) is 0 Å². The molecule has 0 saturated carbocycles. The smallest absolute Gasteiger partial charge is 0.0462 e. The molecule has 0 amide bonds. The number of unbranched alkanes of at least 4 members (excludes halogenated alkanes) is 3. The maximum absolute atomic E-state index is 5.09. The van der Waals surface area contributed by atoms with Gasteiger partial charge in [0.25, 0.3) is 0 Å². The van der Waals surface area contributed by atoms with Gasteiger partial charge < -0.3 is 4.74 Å². The van der Waals surface area contributed by atoms with E-state index in [1.54, 1.807) is 7.11 Å². The molecular formula is C14H31NO. The van der Waals surface area contributed by atoms with Crippen molar-refractivity contribution < 1.29 is 4.74 Å². The summed E-state index contributed by atoms with van der Waals surface area (Å²) in [4.78, 5) is 2.61. The zero-order valence-electron chi connectivity index (χ0n) is 12.0. The molecule has 2 nitrogen and oxygen atoms in total. The monoisotopic (exact) mass is 229 g/mol. The molecule has 0 aliphatic carbocycles. The quantitative estimate of drug-likeness (QED) is 0.559. The topological polar surface area (TPSA) is 12.5 Å². The van der Waals surface area contributed by atoms with Gasteiger partial charge in [-0.1, -0.05) is 19.8 Å². The summed E-state index contributed by atoms with van der Waals surface area (Å²) in [5.74, 6) is 0. The summed E-state index contributed by atoms with van der Waals surface area (Å²) in [7, 11) is 1.78. The fourth-order valence-corrected chi connectivity index (χ4v) is 1.88. The van der Waals surface area contributed by atoms with Crippen LogP contribution in [-0.2, 0) is 4.74 Å². The van der Waals surface area contributed by atoms with E-state index in [9.17, 15) is 0 Å². The van der Waals surface area contributed by atoms with E-state index >= 15 is 0 Å². The second-order valence-corrected chi connectivity index (χ2v) is 5.56. The van der Waals surface area contributed by atoms with Crippen LogP contribution in [0.1, 0.15) is 59.8 Å². The van der Waals surface area contributed by atoms with Gasteiger partial charge in [0.1, 0.15) is 0 Å². The van der Waals surface area contributed by atoms with Crippen LogP contribution in [-0.4, -0.2) is 37.2 Å². The lowest BCUT2D eigenvalue weighted by Crippen LogP contribution is -2.42. The minimum atomic E-state index is 0.306. The summed E-state index contributed by atoms with van der Waals surface area (Å²) in [5, 5.41) is 0. The highest BCUT2D eigenvalue weighted by Gasteiger charge is 2.19. The van der Waals surface area contributed by atoms with Gasteiger partial charge in [-0.2, -0.15) is 0 Å². The van der Waals surface area contributed by atoms with E-state index in [4.69, 9.17) is 4.74 Å². The second-order valence-electron chi connectivity index (χ2n) is 5.56. The second kappa shape index (κ2) is 9.00. The molecule has 98 valence electrons. The molecule has 0 bridgehead atoms. The predicted octanol–water partition coefficient (Wildman–Crippen LogP) is 3.70. The molecule has 0 atom stereocenters. The summed E-state index contributed by atoms with van der Waals surface area (Å²) >= 11 is 0. The van der Waals surface area contributed by atoms with Crippen LogP contribution >= 0.6 is 0 Å². The predicted molar refractivity (Wildman–Crippen MR) is 72.0 cm³/mol. The Balaban J connectivity index is 3.82. The molecule has 0 heterocycles. The fraction of sp³-hybridized carbons (Fsp3) is 1.00. The van der Waals surface area contributed by atoms with E-state index in [-0.39, 0.29) is 0 Å². The van der Waals surface area contributed by atoms with Gasteiger partial charge >= 0.3 is 0 Å². The van der Waals surface area contributed by atoms with Gasteiger partial charge in [-0.3, -0.25) is 4.90 Å². The average molecular weight is 229 g/mol. The van der Waals surface area contributed by atoms with Crippen molar-refractivity contribution in [2.45, 2.75) is 65.3 Å². The number of methoxy groups -OCH3 is 1. The molecule has 16 heavy (non-hydrogen) atoms. The molecule has 0 aliphatic heterocycles. The Labute approximate surface area is 102 Å². The van der Waals surface area contributed by atoms with Gasteiger partial charge in [0.05, 0.1) is 0 Å². The molecule has 0 aliphatic rings. The zero-order valence-corrected chi connectivity index (χ0v) is 12.0. The van der Waals surface area contributed by atoms with Crippen LogP contribution < -0.4 is 0 Å². The van der Waals surface area contributed by atoms with E-state index < -0.39 is 0 Å². The SMILES string of the molecule is CCCCCN(CCCCOC)C(C)(C)C. The number of nitrogens with zero attached hydrogens (tertiary/aromatic N) is 1. The van der Waals surface area contributed by atoms with Gasteiger partial charge in [-0.25, -0.2) is 0 Å². The molecule has 0 aromatic carbocycles. The van der Waals surface area contributed by atoms with E-state index in [0.717, 1.165) is 6.61 Å². The lowest BCUT2D eigenvalue weighted by molar-refractivity contribution is 0.123.